The topological polar surface area (TPSA) is 20.2 Å². The van der Waals surface area contributed by atoms with Crippen LogP contribution in [0.1, 0.15) is 28.4 Å². The van der Waals surface area contributed by atoms with Crippen molar-refractivity contribution in [2.24, 2.45) is 0 Å². The molecule has 0 aliphatic rings. The monoisotopic (exact) mass is 326 g/mol. The van der Waals surface area contributed by atoms with Gasteiger partial charge in [-0.15, -0.1) is 0 Å². The largest absolute Gasteiger partial charge is 0.384 e. The average Bonchev–Trinajstić information content (AvgIpc) is 2.37. The van der Waals surface area contributed by atoms with Crippen LogP contribution in [-0.2, 0) is 0 Å². The summed E-state index contributed by atoms with van der Waals surface area (Å²) in [6, 6.07) is 6.58. The summed E-state index contributed by atoms with van der Waals surface area (Å²) >= 11 is 3.43. The van der Waals surface area contributed by atoms with E-state index in [1.807, 2.05) is 13.8 Å². The van der Waals surface area contributed by atoms with Gasteiger partial charge in [-0.05, 0) is 48.7 Å². The molecule has 1 nitrogen and oxygen atoms in total. The highest BCUT2D eigenvalue weighted by Crippen LogP contribution is 2.30. The van der Waals surface area contributed by atoms with Crippen molar-refractivity contribution in [1.29, 1.82) is 0 Å². The van der Waals surface area contributed by atoms with E-state index in [0.29, 0.717) is 5.56 Å². The lowest BCUT2D eigenvalue weighted by molar-refractivity contribution is 0.214. The Morgan fingerprint density at radius 2 is 1.63 bits per heavy atom. The van der Waals surface area contributed by atoms with Gasteiger partial charge in [0.05, 0.1) is 0 Å². The SMILES string of the molecule is Cc1cc(C(O)c2cc(F)ccc2F)cc(C)c1Br. The third kappa shape index (κ3) is 2.85. The second kappa shape index (κ2) is 5.39. The summed E-state index contributed by atoms with van der Waals surface area (Å²) in [5.74, 6) is -1.19. The van der Waals surface area contributed by atoms with Gasteiger partial charge in [0.15, 0.2) is 0 Å². The van der Waals surface area contributed by atoms with Crippen LogP contribution in [0.4, 0.5) is 8.78 Å². The number of hydrogen-bond donors (Lipinski definition) is 1. The van der Waals surface area contributed by atoms with Crippen LogP contribution >= 0.6 is 15.9 Å². The first-order valence-electron chi connectivity index (χ1n) is 5.80. The molecule has 100 valence electrons. The minimum Gasteiger partial charge on any atom is -0.384 e. The van der Waals surface area contributed by atoms with E-state index in [1.54, 1.807) is 12.1 Å². The normalized spacial score (nSPS) is 12.5. The fourth-order valence-electron chi connectivity index (χ4n) is 2.04. The van der Waals surface area contributed by atoms with E-state index in [0.717, 1.165) is 33.8 Å². The molecule has 1 atom stereocenters. The van der Waals surface area contributed by atoms with Crippen LogP contribution in [0.25, 0.3) is 0 Å². The molecule has 1 unspecified atom stereocenters. The minimum atomic E-state index is -1.18. The van der Waals surface area contributed by atoms with Crippen molar-refractivity contribution in [3.05, 3.63) is 68.7 Å². The summed E-state index contributed by atoms with van der Waals surface area (Å²) < 4.78 is 27.8. The molecule has 0 aliphatic carbocycles. The zero-order chi connectivity index (χ0) is 14.2. The van der Waals surface area contributed by atoms with Gasteiger partial charge in [-0.25, -0.2) is 8.78 Å². The predicted octanol–water partition coefficient (Wildman–Crippen LogP) is 4.43. The molecule has 2 aromatic rings. The third-order valence-corrected chi connectivity index (χ3v) is 4.28. The molecule has 0 fully saturated rings. The molecule has 0 saturated heterocycles. The van der Waals surface area contributed by atoms with Crippen molar-refractivity contribution in [2.45, 2.75) is 20.0 Å². The molecule has 0 spiro atoms. The van der Waals surface area contributed by atoms with Gasteiger partial charge in [0.1, 0.15) is 17.7 Å². The Labute approximate surface area is 119 Å². The average molecular weight is 327 g/mol. The predicted molar refractivity (Wildman–Crippen MR) is 74.0 cm³/mol. The first-order valence-corrected chi connectivity index (χ1v) is 6.59. The first kappa shape index (κ1) is 14.2. The van der Waals surface area contributed by atoms with Gasteiger partial charge in [-0.3, -0.25) is 0 Å². The first-order chi connectivity index (χ1) is 8.90. The fourth-order valence-corrected chi connectivity index (χ4v) is 2.27. The molecule has 0 amide bonds. The molecular formula is C15H13BrF2O. The van der Waals surface area contributed by atoms with Crippen LogP contribution < -0.4 is 0 Å². The van der Waals surface area contributed by atoms with Crippen LogP contribution in [-0.4, -0.2) is 5.11 Å². The quantitative estimate of drug-likeness (QED) is 0.865. The molecule has 0 aliphatic heterocycles. The van der Waals surface area contributed by atoms with Gasteiger partial charge in [0.2, 0.25) is 0 Å². The van der Waals surface area contributed by atoms with Crippen molar-refractivity contribution in [2.75, 3.05) is 0 Å². The Morgan fingerprint density at radius 1 is 1.05 bits per heavy atom. The van der Waals surface area contributed by atoms with Crippen molar-refractivity contribution in [1.82, 2.24) is 0 Å². The van der Waals surface area contributed by atoms with Crippen LogP contribution in [0.15, 0.2) is 34.8 Å². The number of hydrogen-bond acceptors (Lipinski definition) is 1. The van der Waals surface area contributed by atoms with Gasteiger partial charge in [0, 0.05) is 10.0 Å². The Morgan fingerprint density at radius 3 is 2.21 bits per heavy atom. The van der Waals surface area contributed by atoms with Crippen LogP contribution in [0.5, 0.6) is 0 Å². The maximum Gasteiger partial charge on any atom is 0.129 e. The third-order valence-electron chi connectivity index (χ3n) is 3.03. The van der Waals surface area contributed by atoms with Crippen molar-refractivity contribution < 1.29 is 13.9 Å². The number of rotatable bonds is 2. The second-order valence-corrected chi connectivity index (χ2v) is 5.33. The molecule has 0 heterocycles. The summed E-state index contributed by atoms with van der Waals surface area (Å²) in [4.78, 5) is 0. The standard InChI is InChI=1S/C15H13BrF2O/c1-8-5-10(6-9(2)14(8)16)15(19)12-7-11(17)3-4-13(12)18/h3-7,15,19H,1-2H3. The Kier molecular flexibility index (Phi) is 4.02. The van der Waals surface area contributed by atoms with Gasteiger partial charge < -0.3 is 5.11 Å². The summed E-state index contributed by atoms with van der Waals surface area (Å²) in [5, 5.41) is 10.2. The van der Waals surface area contributed by atoms with E-state index in [2.05, 4.69) is 15.9 Å². The molecule has 19 heavy (non-hydrogen) atoms. The maximum absolute atomic E-state index is 13.7. The lowest BCUT2D eigenvalue weighted by Crippen LogP contribution is -2.04. The highest BCUT2D eigenvalue weighted by atomic mass is 79.9. The lowest BCUT2D eigenvalue weighted by atomic mass is 9.97. The molecule has 4 heteroatoms. The zero-order valence-electron chi connectivity index (χ0n) is 10.5. The van der Waals surface area contributed by atoms with E-state index in [1.165, 1.54) is 0 Å². The number of aryl methyl sites for hydroxylation is 2. The van der Waals surface area contributed by atoms with Crippen LogP contribution in [0.2, 0.25) is 0 Å². The number of benzene rings is 2. The lowest BCUT2D eigenvalue weighted by Gasteiger charge is -2.15. The summed E-state index contributed by atoms with van der Waals surface area (Å²) in [5.41, 5.74) is 2.36. The highest BCUT2D eigenvalue weighted by molar-refractivity contribution is 9.10. The zero-order valence-corrected chi connectivity index (χ0v) is 12.1. The molecule has 0 aromatic heterocycles. The molecular weight excluding hydrogens is 314 g/mol. The summed E-state index contributed by atoms with van der Waals surface area (Å²) in [6.45, 7) is 3.77. The smallest absolute Gasteiger partial charge is 0.129 e. The second-order valence-electron chi connectivity index (χ2n) is 4.54. The van der Waals surface area contributed by atoms with Crippen molar-refractivity contribution >= 4 is 15.9 Å². The van der Waals surface area contributed by atoms with Crippen molar-refractivity contribution in [3.8, 4) is 0 Å². The number of aliphatic hydroxyl groups is 1. The van der Waals surface area contributed by atoms with E-state index in [-0.39, 0.29) is 5.56 Å². The van der Waals surface area contributed by atoms with E-state index < -0.39 is 17.7 Å². The fraction of sp³-hybridized carbons (Fsp3) is 0.200. The highest BCUT2D eigenvalue weighted by Gasteiger charge is 2.17. The number of aliphatic hydroxyl groups excluding tert-OH is 1. The van der Waals surface area contributed by atoms with E-state index >= 15 is 0 Å². The maximum atomic E-state index is 13.7. The van der Waals surface area contributed by atoms with Gasteiger partial charge in [-0.2, -0.15) is 0 Å². The molecule has 0 bridgehead atoms. The van der Waals surface area contributed by atoms with Gasteiger partial charge in [-0.1, -0.05) is 28.1 Å². The van der Waals surface area contributed by atoms with Crippen LogP contribution in [0, 0.1) is 25.5 Å². The Hall–Kier alpha value is -1.26. The van der Waals surface area contributed by atoms with Gasteiger partial charge >= 0.3 is 0 Å². The van der Waals surface area contributed by atoms with E-state index in [9.17, 15) is 13.9 Å². The molecule has 2 aromatic carbocycles. The summed E-state index contributed by atoms with van der Waals surface area (Å²) in [7, 11) is 0. The van der Waals surface area contributed by atoms with Crippen molar-refractivity contribution in [3.63, 3.8) is 0 Å². The molecule has 0 saturated carbocycles. The van der Waals surface area contributed by atoms with Gasteiger partial charge in [0.25, 0.3) is 0 Å². The number of halogens is 3. The van der Waals surface area contributed by atoms with Crippen LogP contribution in [0.3, 0.4) is 0 Å². The summed E-state index contributed by atoms with van der Waals surface area (Å²) in [6.07, 6.45) is -1.18. The Balaban J connectivity index is 2.49. The molecule has 0 radical (unpaired) electrons. The minimum absolute atomic E-state index is 0.0545. The molecule has 1 N–H and O–H groups in total. The Bertz CT molecular complexity index is 603. The molecule has 2 rings (SSSR count). The van der Waals surface area contributed by atoms with E-state index in [4.69, 9.17) is 0 Å².